The van der Waals surface area contributed by atoms with Gasteiger partial charge in [-0.25, -0.2) is 22.0 Å². The normalized spacial score (nSPS) is 11.4. The van der Waals surface area contributed by atoms with Crippen molar-refractivity contribution in [2.45, 2.75) is 0 Å². The summed E-state index contributed by atoms with van der Waals surface area (Å²) in [4.78, 5) is 0. The Morgan fingerprint density at radius 2 is 1.39 bits per heavy atom. The summed E-state index contributed by atoms with van der Waals surface area (Å²) in [6.45, 7) is 0.248. The van der Waals surface area contributed by atoms with E-state index in [1.165, 1.54) is 6.08 Å². The molecule has 100 valence electrons. The number of nitrogens with one attached hydrogen (secondary N) is 1. The van der Waals surface area contributed by atoms with Crippen molar-refractivity contribution < 1.29 is 27.1 Å². The second-order valence-electron chi connectivity index (χ2n) is 3.31. The van der Waals surface area contributed by atoms with Crippen LogP contribution in [0.15, 0.2) is 6.08 Å². The van der Waals surface area contributed by atoms with Gasteiger partial charge in [-0.2, -0.15) is 0 Å². The third-order valence-electron chi connectivity index (χ3n) is 2.08. The smallest absolute Gasteiger partial charge is 0.200 e. The summed E-state index contributed by atoms with van der Waals surface area (Å²) >= 11 is 0. The Morgan fingerprint density at radius 3 is 1.89 bits per heavy atom. The van der Waals surface area contributed by atoms with Crippen molar-refractivity contribution in [1.29, 1.82) is 0 Å². The predicted octanol–water partition coefficient (Wildman–Crippen LogP) is 1.98. The van der Waals surface area contributed by atoms with Gasteiger partial charge in [0.1, 0.15) is 0 Å². The van der Waals surface area contributed by atoms with Crippen LogP contribution >= 0.6 is 0 Å². The highest BCUT2D eigenvalue weighted by Gasteiger charge is 2.23. The van der Waals surface area contributed by atoms with Crippen molar-refractivity contribution in [3.05, 3.63) is 40.7 Å². The lowest BCUT2D eigenvalue weighted by atomic mass is 10.1. The topological polar surface area (TPSA) is 32.3 Å². The summed E-state index contributed by atoms with van der Waals surface area (Å²) in [7, 11) is 0. The molecule has 0 amide bonds. The molecule has 0 bridgehead atoms. The molecule has 0 aromatic heterocycles. The molecule has 0 fully saturated rings. The van der Waals surface area contributed by atoms with E-state index in [0.717, 1.165) is 6.08 Å². The second-order valence-corrected chi connectivity index (χ2v) is 3.31. The van der Waals surface area contributed by atoms with Crippen LogP contribution in [0.3, 0.4) is 0 Å². The van der Waals surface area contributed by atoms with Gasteiger partial charge in [-0.1, -0.05) is 12.2 Å². The Kier molecular flexibility index (Phi) is 5.24. The summed E-state index contributed by atoms with van der Waals surface area (Å²) in [5.74, 6) is -9.87. The predicted molar refractivity (Wildman–Crippen MR) is 55.2 cm³/mol. The van der Waals surface area contributed by atoms with Gasteiger partial charge in [0.25, 0.3) is 0 Å². The maximum Gasteiger partial charge on any atom is 0.200 e. The van der Waals surface area contributed by atoms with Gasteiger partial charge in [0, 0.05) is 13.1 Å². The standard InChI is InChI=1S/C11H10F5NO/c12-7-6(2-1-3-17-4-5-18)8(13)10(15)11(16)9(7)14/h1-2,17-18H,3-5H2/b2-1+. The number of hydrogen-bond donors (Lipinski definition) is 2. The van der Waals surface area contributed by atoms with Crippen LogP contribution in [0.4, 0.5) is 22.0 Å². The third-order valence-corrected chi connectivity index (χ3v) is 2.08. The summed E-state index contributed by atoms with van der Waals surface area (Å²) in [6.07, 6.45) is 1.98. The van der Waals surface area contributed by atoms with E-state index in [1.807, 2.05) is 0 Å². The first-order valence-electron chi connectivity index (χ1n) is 5.00. The zero-order chi connectivity index (χ0) is 13.7. The maximum absolute atomic E-state index is 13.1. The lowest BCUT2D eigenvalue weighted by Gasteiger charge is -2.04. The highest BCUT2D eigenvalue weighted by molar-refractivity contribution is 5.51. The fourth-order valence-electron chi connectivity index (χ4n) is 1.21. The van der Waals surface area contributed by atoms with E-state index in [2.05, 4.69) is 5.32 Å². The number of aliphatic hydroxyl groups excluding tert-OH is 1. The molecule has 1 rings (SSSR count). The Balaban J connectivity index is 2.96. The van der Waals surface area contributed by atoms with Gasteiger partial charge in [-0.3, -0.25) is 0 Å². The quantitative estimate of drug-likeness (QED) is 0.370. The van der Waals surface area contributed by atoms with Gasteiger partial charge < -0.3 is 10.4 Å². The van der Waals surface area contributed by atoms with E-state index in [1.54, 1.807) is 0 Å². The molecule has 0 heterocycles. The summed E-state index contributed by atoms with van der Waals surface area (Å²) in [6, 6.07) is 0. The molecule has 0 aliphatic rings. The molecule has 7 heteroatoms. The summed E-state index contributed by atoms with van der Waals surface area (Å²) in [5, 5.41) is 11.1. The largest absolute Gasteiger partial charge is 0.395 e. The molecule has 0 spiro atoms. The van der Waals surface area contributed by atoms with Crippen molar-refractivity contribution in [3.8, 4) is 0 Å². The fraction of sp³-hybridized carbons (Fsp3) is 0.273. The van der Waals surface area contributed by atoms with Crippen LogP contribution in [-0.2, 0) is 0 Å². The van der Waals surface area contributed by atoms with Crippen LogP contribution in [0.2, 0.25) is 0 Å². The number of rotatable bonds is 5. The fourth-order valence-corrected chi connectivity index (χ4v) is 1.21. The zero-order valence-electron chi connectivity index (χ0n) is 9.11. The first-order chi connectivity index (χ1) is 8.50. The van der Waals surface area contributed by atoms with Gasteiger partial charge in [0.15, 0.2) is 23.3 Å². The lowest BCUT2D eigenvalue weighted by molar-refractivity contribution is 0.294. The molecule has 2 nitrogen and oxygen atoms in total. The van der Waals surface area contributed by atoms with Crippen LogP contribution in [0, 0.1) is 29.1 Å². The summed E-state index contributed by atoms with van der Waals surface area (Å²) in [5.41, 5.74) is -0.989. The van der Waals surface area contributed by atoms with Crippen LogP contribution in [0.5, 0.6) is 0 Å². The molecule has 0 unspecified atom stereocenters. The van der Waals surface area contributed by atoms with E-state index >= 15 is 0 Å². The van der Waals surface area contributed by atoms with Crippen LogP contribution in [0.25, 0.3) is 6.08 Å². The average Bonchev–Trinajstić information content (AvgIpc) is 2.37. The number of halogens is 5. The molecule has 0 saturated heterocycles. The van der Waals surface area contributed by atoms with Crippen molar-refractivity contribution in [2.24, 2.45) is 0 Å². The van der Waals surface area contributed by atoms with Crippen molar-refractivity contribution in [2.75, 3.05) is 19.7 Å². The molecule has 0 saturated carbocycles. The van der Waals surface area contributed by atoms with Gasteiger partial charge in [0.05, 0.1) is 12.2 Å². The van der Waals surface area contributed by atoms with E-state index in [0.29, 0.717) is 0 Å². The van der Waals surface area contributed by atoms with Crippen LogP contribution < -0.4 is 5.32 Å². The SMILES string of the molecule is OCCNC/C=C/c1c(F)c(F)c(F)c(F)c1F. The van der Waals surface area contributed by atoms with Gasteiger partial charge in [0.2, 0.25) is 5.82 Å². The molecule has 0 aliphatic carbocycles. The zero-order valence-corrected chi connectivity index (χ0v) is 9.11. The van der Waals surface area contributed by atoms with E-state index < -0.39 is 34.6 Å². The average molecular weight is 267 g/mol. The minimum Gasteiger partial charge on any atom is -0.395 e. The lowest BCUT2D eigenvalue weighted by Crippen LogP contribution is -2.17. The number of benzene rings is 1. The first-order valence-corrected chi connectivity index (χ1v) is 5.00. The Bertz CT molecular complexity index is 432. The molecule has 1 aromatic carbocycles. The maximum atomic E-state index is 13.1. The van der Waals surface area contributed by atoms with Gasteiger partial charge in [-0.05, 0) is 0 Å². The Hall–Kier alpha value is -1.47. The van der Waals surface area contributed by atoms with Crippen LogP contribution in [0.1, 0.15) is 5.56 Å². The Morgan fingerprint density at radius 1 is 0.889 bits per heavy atom. The van der Waals surface area contributed by atoms with Gasteiger partial charge in [-0.15, -0.1) is 0 Å². The highest BCUT2D eigenvalue weighted by Crippen LogP contribution is 2.23. The van der Waals surface area contributed by atoms with Gasteiger partial charge >= 0.3 is 0 Å². The van der Waals surface area contributed by atoms with E-state index in [-0.39, 0.29) is 19.7 Å². The van der Waals surface area contributed by atoms with E-state index in [9.17, 15) is 22.0 Å². The van der Waals surface area contributed by atoms with Crippen molar-refractivity contribution >= 4 is 6.08 Å². The molecular weight excluding hydrogens is 257 g/mol. The van der Waals surface area contributed by atoms with Crippen molar-refractivity contribution in [3.63, 3.8) is 0 Å². The minimum absolute atomic E-state index is 0.125. The Labute approximate surface area is 99.7 Å². The molecule has 2 N–H and O–H groups in total. The van der Waals surface area contributed by atoms with Crippen molar-refractivity contribution in [1.82, 2.24) is 5.32 Å². The highest BCUT2D eigenvalue weighted by atomic mass is 19.2. The minimum atomic E-state index is -2.18. The first kappa shape index (κ1) is 14.6. The molecule has 18 heavy (non-hydrogen) atoms. The van der Waals surface area contributed by atoms with Crippen LogP contribution in [-0.4, -0.2) is 24.8 Å². The number of aliphatic hydroxyl groups is 1. The molecular formula is C11H10F5NO. The molecule has 1 aromatic rings. The third kappa shape index (κ3) is 3.05. The number of hydrogen-bond acceptors (Lipinski definition) is 2. The molecule has 0 radical (unpaired) electrons. The monoisotopic (exact) mass is 267 g/mol. The second kappa shape index (κ2) is 6.46. The molecule has 0 atom stereocenters. The summed E-state index contributed by atoms with van der Waals surface area (Å²) < 4.78 is 64.6. The molecule has 0 aliphatic heterocycles. The van der Waals surface area contributed by atoms with E-state index in [4.69, 9.17) is 5.11 Å².